The van der Waals surface area contributed by atoms with E-state index >= 15 is 0 Å². The summed E-state index contributed by atoms with van der Waals surface area (Å²) in [6.07, 6.45) is 0.774. The van der Waals surface area contributed by atoms with Crippen LogP contribution in [-0.4, -0.2) is 44.9 Å². The third-order valence-electron chi connectivity index (χ3n) is 4.69. The van der Waals surface area contributed by atoms with Gasteiger partial charge in [-0.25, -0.2) is 4.68 Å². The van der Waals surface area contributed by atoms with Crippen LogP contribution in [-0.2, 0) is 6.61 Å². The fraction of sp³-hybridized carbons (Fsp3) is 0.300. The predicted octanol–water partition coefficient (Wildman–Crippen LogP) is 1.79. The molecule has 9 nitrogen and oxygen atoms in total. The molecule has 1 aromatic carbocycles. The van der Waals surface area contributed by atoms with Crippen molar-refractivity contribution >= 4 is 5.91 Å². The zero-order chi connectivity index (χ0) is 20.4. The lowest BCUT2D eigenvalue weighted by Crippen LogP contribution is -2.32. The first kappa shape index (κ1) is 18.7. The van der Waals surface area contributed by atoms with Crippen molar-refractivity contribution in [3.8, 4) is 17.6 Å². The maximum atomic E-state index is 12.8. The lowest BCUT2D eigenvalue weighted by molar-refractivity contribution is 0.0784. The SMILES string of the molecule is Cc1cc(COc2cc(C(=O)N3CC[C@@H](N)C3)nn2-c2ccc(C#N)cc2)on1. The molecule has 0 aliphatic carbocycles. The van der Waals surface area contributed by atoms with Crippen LogP contribution in [0.3, 0.4) is 0 Å². The first-order valence-corrected chi connectivity index (χ1v) is 9.24. The molecule has 1 saturated heterocycles. The summed E-state index contributed by atoms with van der Waals surface area (Å²) in [4.78, 5) is 14.5. The zero-order valence-electron chi connectivity index (χ0n) is 15.9. The Balaban J connectivity index is 1.63. The number of benzene rings is 1. The first-order chi connectivity index (χ1) is 14.0. The van der Waals surface area contributed by atoms with Gasteiger partial charge in [0.25, 0.3) is 5.91 Å². The van der Waals surface area contributed by atoms with Crippen LogP contribution < -0.4 is 10.5 Å². The Morgan fingerprint density at radius 3 is 2.79 bits per heavy atom. The van der Waals surface area contributed by atoms with Crippen molar-refractivity contribution in [2.45, 2.75) is 26.0 Å². The molecule has 1 aliphatic heterocycles. The molecule has 1 fully saturated rings. The molecule has 0 radical (unpaired) electrons. The average molecular weight is 392 g/mol. The van der Waals surface area contributed by atoms with E-state index in [0.29, 0.717) is 36.0 Å². The summed E-state index contributed by atoms with van der Waals surface area (Å²) in [5, 5.41) is 17.3. The standard InChI is InChI=1S/C20H20N6O3/c1-13-8-17(29-24-13)12-28-19-9-18(20(27)25-7-6-15(22)11-25)23-26(19)16-4-2-14(10-21)3-5-16/h2-5,8-9,15H,6-7,11-12,22H2,1H3/t15-/m1/s1. The number of amides is 1. The van der Waals surface area contributed by atoms with Gasteiger partial charge < -0.3 is 19.9 Å². The highest BCUT2D eigenvalue weighted by molar-refractivity contribution is 5.93. The highest BCUT2D eigenvalue weighted by atomic mass is 16.5. The second-order valence-corrected chi connectivity index (χ2v) is 6.96. The molecule has 9 heteroatoms. The molecule has 2 N–H and O–H groups in total. The minimum atomic E-state index is -0.189. The molecular formula is C20H20N6O3. The van der Waals surface area contributed by atoms with Crippen molar-refractivity contribution in [3.63, 3.8) is 0 Å². The number of nitrogens with zero attached hydrogens (tertiary/aromatic N) is 5. The van der Waals surface area contributed by atoms with Gasteiger partial charge in [-0.05, 0) is 37.6 Å². The van der Waals surface area contributed by atoms with Gasteiger partial charge in [0.15, 0.2) is 18.1 Å². The van der Waals surface area contributed by atoms with Crippen LogP contribution in [0.1, 0.15) is 33.9 Å². The molecule has 148 valence electrons. The molecule has 1 amide bonds. The van der Waals surface area contributed by atoms with Crippen molar-refractivity contribution in [1.82, 2.24) is 19.8 Å². The van der Waals surface area contributed by atoms with Crippen LogP contribution in [0.2, 0.25) is 0 Å². The number of aryl methyl sites for hydroxylation is 1. The van der Waals surface area contributed by atoms with E-state index in [9.17, 15) is 4.79 Å². The number of ether oxygens (including phenoxy) is 1. The van der Waals surface area contributed by atoms with Gasteiger partial charge in [-0.1, -0.05) is 5.16 Å². The monoisotopic (exact) mass is 392 g/mol. The van der Waals surface area contributed by atoms with E-state index in [-0.39, 0.29) is 24.2 Å². The summed E-state index contributed by atoms with van der Waals surface area (Å²) in [6, 6.07) is 12.3. The Labute approximate surface area is 167 Å². The second-order valence-electron chi connectivity index (χ2n) is 6.96. The zero-order valence-corrected chi connectivity index (χ0v) is 15.9. The molecular weight excluding hydrogens is 372 g/mol. The van der Waals surface area contributed by atoms with E-state index in [4.69, 9.17) is 20.3 Å². The van der Waals surface area contributed by atoms with E-state index in [1.54, 1.807) is 41.3 Å². The Kier molecular flexibility index (Phi) is 5.01. The molecule has 0 bridgehead atoms. The number of nitriles is 1. The van der Waals surface area contributed by atoms with E-state index in [0.717, 1.165) is 12.1 Å². The van der Waals surface area contributed by atoms with Gasteiger partial charge in [-0.3, -0.25) is 4.79 Å². The maximum Gasteiger partial charge on any atom is 0.274 e. The smallest absolute Gasteiger partial charge is 0.274 e. The van der Waals surface area contributed by atoms with Crippen LogP contribution in [0.4, 0.5) is 0 Å². The summed E-state index contributed by atoms with van der Waals surface area (Å²) in [5.41, 5.74) is 8.15. The van der Waals surface area contributed by atoms with Gasteiger partial charge in [0.2, 0.25) is 5.88 Å². The largest absolute Gasteiger partial charge is 0.469 e. The van der Waals surface area contributed by atoms with E-state index in [1.165, 1.54) is 4.68 Å². The van der Waals surface area contributed by atoms with Crippen LogP contribution in [0.5, 0.6) is 5.88 Å². The fourth-order valence-electron chi connectivity index (χ4n) is 3.20. The van der Waals surface area contributed by atoms with Crippen molar-refractivity contribution in [3.05, 3.63) is 59.1 Å². The molecule has 4 rings (SSSR count). The number of nitrogens with two attached hydrogens (primary N) is 1. The molecule has 1 atom stereocenters. The number of carbonyl (C=O) groups excluding carboxylic acids is 1. The van der Waals surface area contributed by atoms with E-state index < -0.39 is 0 Å². The summed E-state index contributed by atoms with van der Waals surface area (Å²) < 4.78 is 12.6. The predicted molar refractivity (Wildman–Crippen MR) is 102 cm³/mol. The Bertz CT molecular complexity index is 1060. The normalized spacial score (nSPS) is 16.0. The van der Waals surface area contributed by atoms with Gasteiger partial charge >= 0.3 is 0 Å². The highest BCUT2D eigenvalue weighted by Gasteiger charge is 2.27. The molecule has 1 aliphatic rings. The number of hydrogen-bond acceptors (Lipinski definition) is 7. The Hall–Kier alpha value is -3.64. The summed E-state index contributed by atoms with van der Waals surface area (Å²) >= 11 is 0. The third-order valence-corrected chi connectivity index (χ3v) is 4.69. The highest BCUT2D eigenvalue weighted by Crippen LogP contribution is 2.23. The number of carbonyl (C=O) groups is 1. The fourth-order valence-corrected chi connectivity index (χ4v) is 3.20. The van der Waals surface area contributed by atoms with Crippen molar-refractivity contribution in [2.24, 2.45) is 5.73 Å². The molecule has 0 saturated carbocycles. The average Bonchev–Trinajstić information content (AvgIpc) is 3.46. The number of aromatic nitrogens is 3. The Morgan fingerprint density at radius 1 is 1.38 bits per heavy atom. The number of rotatable bonds is 5. The van der Waals surface area contributed by atoms with Crippen LogP contribution >= 0.6 is 0 Å². The lowest BCUT2D eigenvalue weighted by Gasteiger charge is -2.13. The third kappa shape index (κ3) is 3.97. The minimum absolute atomic E-state index is 0.00928. The lowest BCUT2D eigenvalue weighted by atomic mass is 10.2. The molecule has 3 heterocycles. The van der Waals surface area contributed by atoms with Gasteiger partial charge in [0.05, 0.1) is 23.0 Å². The maximum absolute atomic E-state index is 12.8. The van der Waals surface area contributed by atoms with E-state index in [1.807, 2.05) is 6.92 Å². The first-order valence-electron chi connectivity index (χ1n) is 9.24. The summed E-state index contributed by atoms with van der Waals surface area (Å²) in [6.45, 7) is 3.09. The van der Waals surface area contributed by atoms with E-state index in [2.05, 4.69) is 16.3 Å². The topological polar surface area (TPSA) is 123 Å². The second kappa shape index (κ2) is 7.77. The van der Waals surface area contributed by atoms with Crippen molar-refractivity contribution in [1.29, 1.82) is 5.26 Å². The summed E-state index contributed by atoms with van der Waals surface area (Å²) in [7, 11) is 0. The molecule has 29 heavy (non-hydrogen) atoms. The quantitative estimate of drug-likeness (QED) is 0.702. The molecule has 3 aromatic rings. The molecule has 0 spiro atoms. The Morgan fingerprint density at radius 2 is 2.17 bits per heavy atom. The van der Waals surface area contributed by atoms with Crippen molar-refractivity contribution < 1.29 is 14.1 Å². The molecule has 2 aromatic heterocycles. The minimum Gasteiger partial charge on any atom is -0.469 e. The number of likely N-dealkylation sites (tertiary alicyclic amines) is 1. The van der Waals surface area contributed by atoms with Gasteiger partial charge in [0.1, 0.15) is 0 Å². The van der Waals surface area contributed by atoms with Gasteiger partial charge in [0, 0.05) is 31.3 Å². The van der Waals surface area contributed by atoms with Gasteiger partial charge in [-0.15, -0.1) is 0 Å². The number of hydrogen-bond donors (Lipinski definition) is 1. The van der Waals surface area contributed by atoms with Crippen LogP contribution in [0, 0.1) is 18.3 Å². The molecule has 0 unspecified atom stereocenters. The van der Waals surface area contributed by atoms with Crippen molar-refractivity contribution in [2.75, 3.05) is 13.1 Å². The van der Waals surface area contributed by atoms with Crippen LogP contribution in [0.25, 0.3) is 5.69 Å². The van der Waals surface area contributed by atoms with Gasteiger partial charge in [-0.2, -0.15) is 10.4 Å². The summed E-state index contributed by atoms with van der Waals surface area (Å²) in [5.74, 6) is 0.759. The van der Waals surface area contributed by atoms with Crippen LogP contribution in [0.15, 0.2) is 40.9 Å².